The van der Waals surface area contributed by atoms with Crippen molar-refractivity contribution < 1.29 is 4.74 Å². The Kier molecular flexibility index (Phi) is 3.66. The van der Waals surface area contributed by atoms with E-state index in [0.29, 0.717) is 13.2 Å². The molecule has 2 aromatic heterocycles. The van der Waals surface area contributed by atoms with Gasteiger partial charge < -0.3 is 10.1 Å². The molecule has 3 rings (SSSR count). The van der Waals surface area contributed by atoms with Crippen LogP contribution in [0.4, 0.5) is 5.82 Å². The molecule has 0 saturated carbocycles. The van der Waals surface area contributed by atoms with Crippen molar-refractivity contribution in [3.8, 4) is 0 Å². The molecule has 0 saturated heterocycles. The quantitative estimate of drug-likeness (QED) is 0.912. The molecule has 4 nitrogen and oxygen atoms in total. The van der Waals surface area contributed by atoms with Crippen LogP contribution in [0.3, 0.4) is 0 Å². The van der Waals surface area contributed by atoms with Crippen LogP contribution in [0.25, 0.3) is 10.2 Å². The average molecular weight is 277 g/mol. The maximum Gasteiger partial charge on any atom is 0.158 e. The SMILES string of the molecule is CCNc1nc(COCC)nc2sc3c(c12)CCC3. The predicted molar refractivity (Wildman–Crippen MR) is 78.9 cm³/mol. The average Bonchev–Trinajstić information content (AvgIpc) is 2.96. The number of rotatable bonds is 5. The fraction of sp³-hybridized carbons (Fsp3) is 0.571. The zero-order valence-electron chi connectivity index (χ0n) is 11.5. The number of thiophene rings is 1. The highest BCUT2D eigenvalue weighted by molar-refractivity contribution is 7.19. The van der Waals surface area contributed by atoms with Crippen LogP contribution < -0.4 is 5.32 Å². The van der Waals surface area contributed by atoms with Crippen LogP contribution in [-0.2, 0) is 24.2 Å². The Balaban J connectivity index is 2.09. The van der Waals surface area contributed by atoms with E-state index in [4.69, 9.17) is 4.74 Å². The highest BCUT2D eigenvalue weighted by Crippen LogP contribution is 2.39. The van der Waals surface area contributed by atoms with Gasteiger partial charge in [-0.1, -0.05) is 0 Å². The summed E-state index contributed by atoms with van der Waals surface area (Å²) < 4.78 is 5.43. The maximum atomic E-state index is 5.43. The molecule has 1 aliphatic carbocycles. The highest BCUT2D eigenvalue weighted by Gasteiger charge is 2.22. The van der Waals surface area contributed by atoms with E-state index in [-0.39, 0.29) is 0 Å². The van der Waals surface area contributed by atoms with Crippen LogP contribution in [0.2, 0.25) is 0 Å². The van der Waals surface area contributed by atoms with Gasteiger partial charge in [-0.2, -0.15) is 0 Å². The van der Waals surface area contributed by atoms with E-state index >= 15 is 0 Å². The number of fused-ring (bicyclic) bond motifs is 3. The first-order valence-electron chi connectivity index (χ1n) is 6.96. The van der Waals surface area contributed by atoms with Gasteiger partial charge in [0.15, 0.2) is 5.82 Å². The fourth-order valence-corrected chi connectivity index (χ4v) is 3.87. The number of nitrogens with one attached hydrogen (secondary N) is 1. The first kappa shape index (κ1) is 12.8. The Labute approximate surface area is 117 Å². The number of anilines is 1. The molecule has 0 fully saturated rings. The minimum absolute atomic E-state index is 0.493. The second-order valence-electron chi connectivity index (χ2n) is 4.69. The second kappa shape index (κ2) is 5.43. The highest BCUT2D eigenvalue weighted by atomic mass is 32.1. The number of nitrogens with zero attached hydrogens (tertiary/aromatic N) is 2. The molecule has 0 amide bonds. The van der Waals surface area contributed by atoms with E-state index in [0.717, 1.165) is 23.0 Å². The van der Waals surface area contributed by atoms with Crippen molar-refractivity contribution in [1.82, 2.24) is 9.97 Å². The summed E-state index contributed by atoms with van der Waals surface area (Å²) in [6, 6.07) is 0. The molecule has 0 atom stereocenters. The van der Waals surface area contributed by atoms with Crippen LogP contribution in [0, 0.1) is 0 Å². The lowest BCUT2D eigenvalue weighted by Crippen LogP contribution is -2.06. The molecule has 0 bridgehead atoms. The Morgan fingerprint density at radius 2 is 2.16 bits per heavy atom. The largest absolute Gasteiger partial charge is 0.374 e. The van der Waals surface area contributed by atoms with Gasteiger partial charge >= 0.3 is 0 Å². The smallest absolute Gasteiger partial charge is 0.158 e. The zero-order valence-corrected chi connectivity index (χ0v) is 12.3. The Morgan fingerprint density at radius 3 is 2.95 bits per heavy atom. The third-order valence-corrected chi connectivity index (χ3v) is 4.58. The number of ether oxygens (including phenoxy) is 1. The molecule has 2 aromatic rings. The van der Waals surface area contributed by atoms with Gasteiger partial charge in [-0.25, -0.2) is 9.97 Å². The molecule has 0 spiro atoms. The molecule has 1 aliphatic rings. The second-order valence-corrected chi connectivity index (χ2v) is 5.78. The lowest BCUT2D eigenvalue weighted by atomic mass is 10.2. The molecule has 102 valence electrons. The minimum Gasteiger partial charge on any atom is -0.374 e. The molecule has 0 radical (unpaired) electrons. The number of aryl methyl sites for hydroxylation is 2. The van der Waals surface area contributed by atoms with Gasteiger partial charge in [-0.05, 0) is 38.7 Å². The summed E-state index contributed by atoms with van der Waals surface area (Å²) in [4.78, 5) is 11.9. The third-order valence-electron chi connectivity index (χ3n) is 3.39. The monoisotopic (exact) mass is 277 g/mol. The summed E-state index contributed by atoms with van der Waals surface area (Å²) >= 11 is 1.83. The third kappa shape index (κ3) is 2.32. The van der Waals surface area contributed by atoms with Crippen molar-refractivity contribution in [2.24, 2.45) is 0 Å². The molecule has 1 N–H and O–H groups in total. The van der Waals surface area contributed by atoms with Crippen molar-refractivity contribution in [1.29, 1.82) is 0 Å². The zero-order chi connectivity index (χ0) is 13.2. The molecule has 2 heterocycles. The summed E-state index contributed by atoms with van der Waals surface area (Å²) in [6.07, 6.45) is 3.63. The van der Waals surface area contributed by atoms with Crippen molar-refractivity contribution in [3.63, 3.8) is 0 Å². The van der Waals surface area contributed by atoms with E-state index < -0.39 is 0 Å². The fourth-order valence-electron chi connectivity index (χ4n) is 2.59. The first-order valence-corrected chi connectivity index (χ1v) is 7.77. The lowest BCUT2D eigenvalue weighted by Gasteiger charge is -2.08. The molecule has 0 aromatic carbocycles. The molecule has 0 aliphatic heterocycles. The predicted octanol–water partition coefficient (Wildman–Crippen LogP) is 3.15. The summed E-state index contributed by atoms with van der Waals surface area (Å²) in [5, 5.41) is 4.63. The standard InChI is InChI=1S/C14H19N3OS/c1-3-15-13-12-9-6-5-7-10(9)19-14(12)17-11(16-13)8-18-4-2/h3-8H2,1-2H3,(H,15,16,17). The van der Waals surface area contributed by atoms with Crippen LogP contribution in [-0.4, -0.2) is 23.1 Å². The van der Waals surface area contributed by atoms with Crippen LogP contribution in [0.5, 0.6) is 0 Å². The van der Waals surface area contributed by atoms with Crippen LogP contribution >= 0.6 is 11.3 Å². The maximum absolute atomic E-state index is 5.43. The van der Waals surface area contributed by atoms with Gasteiger partial charge in [-0.15, -0.1) is 11.3 Å². The Morgan fingerprint density at radius 1 is 1.26 bits per heavy atom. The van der Waals surface area contributed by atoms with Gasteiger partial charge in [0.1, 0.15) is 17.3 Å². The normalized spacial score (nSPS) is 14.0. The number of hydrogen-bond acceptors (Lipinski definition) is 5. The summed E-state index contributed by atoms with van der Waals surface area (Å²) in [5.74, 6) is 1.77. The van der Waals surface area contributed by atoms with E-state index in [2.05, 4.69) is 22.2 Å². The summed E-state index contributed by atoms with van der Waals surface area (Å²) in [6.45, 7) is 6.16. The Bertz CT molecular complexity index is 594. The molecule has 19 heavy (non-hydrogen) atoms. The van der Waals surface area contributed by atoms with E-state index in [9.17, 15) is 0 Å². The molecule has 5 heteroatoms. The van der Waals surface area contributed by atoms with E-state index in [1.165, 1.54) is 35.1 Å². The van der Waals surface area contributed by atoms with Gasteiger partial charge in [0.2, 0.25) is 0 Å². The van der Waals surface area contributed by atoms with Crippen molar-refractivity contribution in [3.05, 3.63) is 16.3 Å². The number of aromatic nitrogens is 2. The number of hydrogen-bond donors (Lipinski definition) is 1. The molecule has 0 unspecified atom stereocenters. The summed E-state index contributed by atoms with van der Waals surface area (Å²) in [7, 11) is 0. The summed E-state index contributed by atoms with van der Waals surface area (Å²) in [5.41, 5.74) is 1.47. The van der Waals surface area contributed by atoms with Gasteiger partial charge in [0.25, 0.3) is 0 Å². The molecular formula is C14H19N3OS. The van der Waals surface area contributed by atoms with E-state index in [1.54, 1.807) is 0 Å². The lowest BCUT2D eigenvalue weighted by molar-refractivity contribution is 0.128. The van der Waals surface area contributed by atoms with Crippen molar-refractivity contribution in [2.45, 2.75) is 39.7 Å². The van der Waals surface area contributed by atoms with Crippen LogP contribution in [0.1, 0.15) is 36.5 Å². The van der Waals surface area contributed by atoms with Crippen LogP contribution in [0.15, 0.2) is 0 Å². The van der Waals surface area contributed by atoms with Gasteiger partial charge in [0.05, 0.1) is 5.39 Å². The van der Waals surface area contributed by atoms with Gasteiger partial charge in [0, 0.05) is 18.0 Å². The van der Waals surface area contributed by atoms with Gasteiger partial charge in [-0.3, -0.25) is 0 Å². The minimum atomic E-state index is 0.493. The van der Waals surface area contributed by atoms with E-state index in [1.807, 2.05) is 18.3 Å². The van der Waals surface area contributed by atoms with Crippen molar-refractivity contribution in [2.75, 3.05) is 18.5 Å². The van der Waals surface area contributed by atoms with Crippen molar-refractivity contribution >= 4 is 27.4 Å². The Hall–Kier alpha value is -1.20. The molecular weight excluding hydrogens is 258 g/mol. The first-order chi connectivity index (χ1) is 9.33. The topological polar surface area (TPSA) is 47.0 Å².